The van der Waals surface area contributed by atoms with E-state index < -0.39 is 11.5 Å². The SMILES string of the molecule is CCCN[S+]([O-])N1CCN(CC2CCCC2)CC1. The van der Waals surface area contributed by atoms with Crippen molar-refractivity contribution < 1.29 is 4.55 Å². The second-order valence-corrected chi connectivity index (χ2v) is 6.83. The van der Waals surface area contributed by atoms with Gasteiger partial charge in [-0.3, -0.25) is 0 Å². The third kappa shape index (κ3) is 4.38. The van der Waals surface area contributed by atoms with E-state index in [0.717, 1.165) is 45.1 Å². The zero-order chi connectivity index (χ0) is 12.8. The van der Waals surface area contributed by atoms with Gasteiger partial charge in [-0.15, -0.1) is 9.03 Å². The molecule has 1 N–H and O–H groups in total. The van der Waals surface area contributed by atoms with Crippen LogP contribution >= 0.6 is 0 Å². The minimum Gasteiger partial charge on any atom is -0.579 e. The van der Waals surface area contributed by atoms with Gasteiger partial charge in [-0.2, -0.15) is 0 Å². The first-order chi connectivity index (χ1) is 8.79. The Hall–Kier alpha value is 0.190. The Labute approximate surface area is 115 Å². The average Bonchev–Trinajstić information content (AvgIpc) is 2.89. The number of rotatable bonds is 6. The molecule has 1 heterocycles. The molecule has 1 aliphatic carbocycles. The molecule has 2 rings (SSSR count). The van der Waals surface area contributed by atoms with E-state index in [0.29, 0.717) is 0 Å². The van der Waals surface area contributed by atoms with Crippen molar-refractivity contribution in [2.75, 3.05) is 39.3 Å². The normalized spacial score (nSPS) is 25.7. The molecule has 0 aromatic carbocycles. The predicted molar refractivity (Wildman–Crippen MR) is 76.4 cm³/mol. The molecule has 1 unspecified atom stereocenters. The Kier molecular flexibility index (Phi) is 6.24. The first-order valence-corrected chi connectivity index (χ1v) is 8.53. The Bertz CT molecular complexity index is 228. The van der Waals surface area contributed by atoms with Crippen molar-refractivity contribution in [2.45, 2.75) is 39.0 Å². The standard InChI is InChI=1S/C13H27N3OS/c1-2-7-14-18(17)16-10-8-15(9-11-16)12-13-5-3-4-6-13/h13-14H,2-12H2,1H3. The molecule has 2 aliphatic rings. The highest BCUT2D eigenvalue weighted by molar-refractivity contribution is 7.87. The van der Waals surface area contributed by atoms with Gasteiger partial charge in [-0.25, -0.2) is 0 Å². The summed E-state index contributed by atoms with van der Waals surface area (Å²) >= 11 is -0.969. The molecule has 0 radical (unpaired) electrons. The lowest BCUT2D eigenvalue weighted by atomic mass is 10.1. The zero-order valence-electron chi connectivity index (χ0n) is 11.6. The van der Waals surface area contributed by atoms with Gasteiger partial charge in [0, 0.05) is 26.2 Å². The molecule has 0 aromatic rings. The average molecular weight is 273 g/mol. The quantitative estimate of drug-likeness (QED) is 0.742. The maximum Gasteiger partial charge on any atom is 0.137 e. The molecule has 1 saturated carbocycles. The van der Waals surface area contributed by atoms with Crippen LogP contribution in [0.2, 0.25) is 0 Å². The fourth-order valence-electron chi connectivity index (χ4n) is 2.92. The summed E-state index contributed by atoms with van der Waals surface area (Å²) in [6, 6.07) is 0. The van der Waals surface area contributed by atoms with Crippen LogP contribution in [0, 0.1) is 5.92 Å². The number of nitrogens with zero attached hydrogens (tertiary/aromatic N) is 2. The van der Waals surface area contributed by atoms with Gasteiger partial charge in [0.1, 0.15) is 11.5 Å². The first-order valence-electron chi connectivity index (χ1n) is 7.42. The van der Waals surface area contributed by atoms with Gasteiger partial charge < -0.3 is 9.45 Å². The molecule has 4 nitrogen and oxygen atoms in total. The van der Waals surface area contributed by atoms with Gasteiger partial charge in [0.25, 0.3) is 0 Å². The second kappa shape index (κ2) is 7.70. The van der Waals surface area contributed by atoms with Crippen LogP contribution in [-0.4, -0.2) is 53.0 Å². The van der Waals surface area contributed by atoms with Crippen LogP contribution in [-0.2, 0) is 11.5 Å². The summed E-state index contributed by atoms with van der Waals surface area (Å²) in [7, 11) is 0. The van der Waals surface area contributed by atoms with E-state index in [2.05, 4.69) is 20.9 Å². The molecule has 0 aromatic heterocycles. The van der Waals surface area contributed by atoms with Crippen molar-refractivity contribution in [2.24, 2.45) is 5.92 Å². The van der Waals surface area contributed by atoms with E-state index in [1.54, 1.807) is 0 Å². The predicted octanol–water partition coefficient (Wildman–Crippen LogP) is 1.37. The fraction of sp³-hybridized carbons (Fsp3) is 1.00. The molecule has 0 amide bonds. The van der Waals surface area contributed by atoms with Crippen LogP contribution in [0.3, 0.4) is 0 Å². The van der Waals surface area contributed by atoms with Crippen molar-refractivity contribution in [1.82, 2.24) is 13.9 Å². The Morgan fingerprint density at radius 3 is 2.44 bits per heavy atom. The summed E-state index contributed by atoms with van der Waals surface area (Å²) < 4.78 is 17.1. The summed E-state index contributed by atoms with van der Waals surface area (Å²) in [5, 5.41) is 0. The largest absolute Gasteiger partial charge is 0.579 e. The highest BCUT2D eigenvalue weighted by atomic mass is 32.2. The molecule has 0 spiro atoms. The van der Waals surface area contributed by atoms with E-state index >= 15 is 0 Å². The number of hydrogen-bond acceptors (Lipinski definition) is 4. The second-order valence-electron chi connectivity index (χ2n) is 5.52. The maximum atomic E-state index is 11.9. The third-order valence-corrected chi connectivity index (χ3v) is 5.32. The number of hydrogen-bond donors (Lipinski definition) is 1. The van der Waals surface area contributed by atoms with Gasteiger partial charge in [-0.05, 0) is 25.2 Å². The highest BCUT2D eigenvalue weighted by Gasteiger charge is 2.27. The smallest absolute Gasteiger partial charge is 0.137 e. The zero-order valence-corrected chi connectivity index (χ0v) is 12.4. The summed E-state index contributed by atoms with van der Waals surface area (Å²) in [4.78, 5) is 2.56. The van der Waals surface area contributed by atoms with Crippen molar-refractivity contribution in [3.05, 3.63) is 0 Å². The maximum absolute atomic E-state index is 11.9. The molecule has 18 heavy (non-hydrogen) atoms. The molecular weight excluding hydrogens is 246 g/mol. The van der Waals surface area contributed by atoms with E-state index in [-0.39, 0.29) is 0 Å². The van der Waals surface area contributed by atoms with E-state index in [4.69, 9.17) is 0 Å². The van der Waals surface area contributed by atoms with Crippen LogP contribution < -0.4 is 4.72 Å². The number of piperazine rings is 1. The summed E-state index contributed by atoms with van der Waals surface area (Å²) in [6.07, 6.45) is 6.73. The first kappa shape index (κ1) is 14.6. The van der Waals surface area contributed by atoms with Crippen molar-refractivity contribution in [1.29, 1.82) is 0 Å². The van der Waals surface area contributed by atoms with E-state index in [9.17, 15) is 4.55 Å². The van der Waals surface area contributed by atoms with Crippen LogP contribution in [0.4, 0.5) is 0 Å². The summed E-state index contributed by atoms with van der Waals surface area (Å²) in [5.74, 6) is 0.931. The van der Waals surface area contributed by atoms with Gasteiger partial charge >= 0.3 is 0 Å². The van der Waals surface area contributed by atoms with Crippen LogP contribution in [0.5, 0.6) is 0 Å². The Morgan fingerprint density at radius 2 is 1.83 bits per heavy atom. The molecule has 0 bridgehead atoms. The lowest BCUT2D eigenvalue weighted by Gasteiger charge is -2.34. The molecule has 1 atom stereocenters. The van der Waals surface area contributed by atoms with Crippen LogP contribution in [0.1, 0.15) is 39.0 Å². The lowest BCUT2D eigenvalue weighted by Crippen LogP contribution is -2.52. The van der Waals surface area contributed by atoms with Gasteiger partial charge in [-0.1, -0.05) is 19.8 Å². The van der Waals surface area contributed by atoms with E-state index in [1.165, 1.54) is 32.2 Å². The van der Waals surface area contributed by atoms with Crippen molar-refractivity contribution >= 4 is 11.5 Å². The molecule has 106 valence electrons. The molecule has 1 saturated heterocycles. The van der Waals surface area contributed by atoms with Crippen molar-refractivity contribution in [3.63, 3.8) is 0 Å². The third-order valence-electron chi connectivity index (χ3n) is 4.03. The Balaban J connectivity index is 1.64. The van der Waals surface area contributed by atoms with Crippen molar-refractivity contribution in [3.8, 4) is 0 Å². The van der Waals surface area contributed by atoms with E-state index in [1.807, 2.05) is 0 Å². The monoisotopic (exact) mass is 273 g/mol. The fourth-order valence-corrected chi connectivity index (χ4v) is 3.97. The topological polar surface area (TPSA) is 41.6 Å². The molecular formula is C13H27N3OS. The van der Waals surface area contributed by atoms with Crippen LogP contribution in [0.15, 0.2) is 0 Å². The van der Waals surface area contributed by atoms with Gasteiger partial charge in [0.15, 0.2) is 0 Å². The molecule has 5 heteroatoms. The minimum absolute atomic E-state index is 0.842. The summed E-state index contributed by atoms with van der Waals surface area (Å²) in [5.41, 5.74) is 0. The molecule has 1 aliphatic heterocycles. The van der Waals surface area contributed by atoms with Crippen LogP contribution in [0.25, 0.3) is 0 Å². The van der Waals surface area contributed by atoms with Gasteiger partial charge in [0.2, 0.25) is 0 Å². The minimum atomic E-state index is -0.969. The molecule has 2 fully saturated rings. The Morgan fingerprint density at radius 1 is 1.17 bits per heavy atom. The number of nitrogens with one attached hydrogen (secondary N) is 1. The summed E-state index contributed by atoms with van der Waals surface area (Å²) in [6.45, 7) is 8.25. The lowest BCUT2D eigenvalue weighted by molar-refractivity contribution is 0.164. The highest BCUT2D eigenvalue weighted by Crippen LogP contribution is 2.25. The van der Waals surface area contributed by atoms with Gasteiger partial charge in [0.05, 0.1) is 13.1 Å².